The summed E-state index contributed by atoms with van der Waals surface area (Å²) in [6.45, 7) is 0. The number of benzene rings is 6. The van der Waals surface area contributed by atoms with E-state index in [1.165, 1.54) is 27.1 Å². The summed E-state index contributed by atoms with van der Waals surface area (Å²) in [7, 11) is 0. The molecule has 6 aromatic rings. The van der Waals surface area contributed by atoms with E-state index in [2.05, 4.69) is 126 Å². The largest absolute Gasteiger partial charge is 0.310 e. The summed E-state index contributed by atoms with van der Waals surface area (Å²) in [5.41, 5.74) is 5.69. The van der Waals surface area contributed by atoms with Crippen molar-refractivity contribution in [2.45, 2.75) is 0 Å². The zero-order chi connectivity index (χ0) is 22.9. The van der Waals surface area contributed by atoms with Gasteiger partial charge in [-0.1, -0.05) is 96.5 Å². The van der Waals surface area contributed by atoms with E-state index in [1.54, 1.807) is 0 Å². The molecule has 0 aliphatic rings. The van der Waals surface area contributed by atoms with Gasteiger partial charge in [0, 0.05) is 22.1 Å². The minimum Gasteiger partial charge on any atom is -0.310 e. The number of hydrogen-bond donors (Lipinski definition) is 0. The van der Waals surface area contributed by atoms with E-state index in [9.17, 15) is 0 Å². The summed E-state index contributed by atoms with van der Waals surface area (Å²) >= 11 is 6.07. The number of halogens is 1. The molecule has 0 N–H and O–H groups in total. The highest BCUT2D eigenvalue weighted by Crippen LogP contribution is 2.38. The van der Waals surface area contributed by atoms with Gasteiger partial charge in [0.1, 0.15) is 0 Å². The lowest BCUT2D eigenvalue weighted by Gasteiger charge is -2.26. The highest BCUT2D eigenvalue weighted by Gasteiger charge is 2.13. The quantitative estimate of drug-likeness (QED) is 0.239. The molecule has 34 heavy (non-hydrogen) atoms. The van der Waals surface area contributed by atoms with Gasteiger partial charge in [-0.15, -0.1) is 0 Å². The van der Waals surface area contributed by atoms with Crippen LogP contribution in [0.4, 0.5) is 17.1 Å². The summed E-state index contributed by atoms with van der Waals surface area (Å²) in [6.07, 6.45) is 0. The van der Waals surface area contributed by atoms with Crippen LogP contribution in [0.3, 0.4) is 0 Å². The molecule has 2 heteroatoms. The Morgan fingerprint density at radius 1 is 0.412 bits per heavy atom. The fourth-order valence-electron chi connectivity index (χ4n) is 4.61. The van der Waals surface area contributed by atoms with E-state index in [0.717, 1.165) is 27.6 Å². The molecular weight excluding hydrogens is 434 g/mol. The van der Waals surface area contributed by atoms with Gasteiger partial charge < -0.3 is 4.90 Å². The molecule has 0 saturated heterocycles. The molecule has 0 spiro atoms. The Hall–Kier alpha value is -4.07. The maximum absolute atomic E-state index is 6.07. The van der Waals surface area contributed by atoms with Crippen LogP contribution < -0.4 is 4.90 Å². The number of para-hydroxylation sites is 1. The standard InChI is InChI=1S/C32H22ClN/c33-27-16-12-23(13-17-27)24-14-18-29(19-15-24)34(28-7-2-1-3-8-28)30-20-21-32-26(22-30)11-10-25-6-4-5-9-31(25)32/h1-22H. The van der Waals surface area contributed by atoms with Crippen molar-refractivity contribution in [3.05, 3.63) is 138 Å². The molecule has 0 heterocycles. The molecule has 0 saturated carbocycles. The fraction of sp³-hybridized carbons (Fsp3) is 0. The lowest BCUT2D eigenvalue weighted by atomic mass is 10.0. The molecule has 6 rings (SSSR count). The summed E-state index contributed by atoms with van der Waals surface area (Å²) in [6, 6.07) is 46.9. The van der Waals surface area contributed by atoms with Gasteiger partial charge >= 0.3 is 0 Å². The molecule has 162 valence electrons. The highest BCUT2D eigenvalue weighted by molar-refractivity contribution is 6.30. The van der Waals surface area contributed by atoms with Crippen molar-refractivity contribution in [2.75, 3.05) is 4.90 Å². The van der Waals surface area contributed by atoms with Crippen LogP contribution in [0.15, 0.2) is 133 Å². The SMILES string of the molecule is Clc1ccc(-c2ccc(N(c3ccccc3)c3ccc4c(ccc5ccccc54)c3)cc2)cc1. The Morgan fingerprint density at radius 2 is 0.971 bits per heavy atom. The molecule has 0 aliphatic carbocycles. The first-order valence-corrected chi connectivity index (χ1v) is 11.8. The van der Waals surface area contributed by atoms with Gasteiger partial charge in [-0.2, -0.15) is 0 Å². The predicted octanol–water partition coefficient (Wildman–Crippen LogP) is 9.78. The smallest absolute Gasteiger partial charge is 0.0468 e. The number of hydrogen-bond acceptors (Lipinski definition) is 1. The number of fused-ring (bicyclic) bond motifs is 3. The number of anilines is 3. The third kappa shape index (κ3) is 3.81. The second kappa shape index (κ2) is 8.70. The van der Waals surface area contributed by atoms with Crippen LogP contribution in [0.2, 0.25) is 5.02 Å². The van der Waals surface area contributed by atoms with Crippen molar-refractivity contribution in [1.82, 2.24) is 0 Å². The van der Waals surface area contributed by atoms with Gasteiger partial charge in [0.05, 0.1) is 0 Å². The molecule has 6 aromatic carbocycles. The van der Waals surface area contributed by atoms with Gasteiger partial charge in [0.25, 0.3) is 0 Å². The highest BCUT2D eigenvalue weighted by atomic mass is 35.5. The van der Waals surface area contributed by atoms with Crippen molar-refractivity contribution in [1.29, 1.82) is 0 Å². The van der Waals surface area contributed by atoms with Crippen LogP contribution in [-0.2, 0) is 0 Å². The molecule has 0 amide bonds. The zero-order valence-electron chi connectivity index (χ0n) is 18.5. The van der Waals surface area contributed by atoms with Crippen LogP contribution in [0, 0.1) is 0 Å². The summed E-state index contributed by atoms with van der Waals surface area (Å²) in [5, 5.41) is 5.80. The van der Waals surface area contributed by atoms with Crippen LogP contribution in [0.1, 0.15) is 0 Å². The molecule has 0 atom stereocenters. The molecule has 0 fully saturated rings. The Labute approximate surface area is 204 Å². The maximum atomic E-state index is 6.07. The van der Waals surface area contributed by atoms with Crippen LogP contribution in [0.25, 0.3) is 32.7 Å². The Morgan fingerprint density at radius 3 is 1.74 bits per heavy atom. The third-order valence-electron chi connectivity index (χ3n) is 6.30. The predicted molar refractivity (Wildman–Crippen MR) is 147 cm³/mol. The number of nitrogens with zero attached hydrogens (tertiary/aromatic N) is 1. The Kier molecular flexibility index (Phi) is 5.25. The summed E-state index contributed by atoms with van der Waals surface area (Å²) < 4.78 is 0. The first-order valence-electron chi connectivity index (χ1n) is 11.4. The van der Waals surface area contributed by atoms with E-state index in [4.69, 9.17) is 11.6 Å². The van der Waals surface area contributed by atoms with Crippen molar-refractivity contribution in [3.63, 3.8) is 0 Å². The summed E-state index contributed by atoms with van der Waals surface area (Å²) in [5.74, 6) is 0. The van der Waals surface area contributed by atoms with Crippen LogP contribution in [0.5, 0.6) is 0 Å². The summed E-state index contributed by atoms with van der Waals surface area (Å²) in [4.78, 5) is 2.31. The minimum atomic E-state index is 0.750. The average molecular weight is 456 g/mol. The normalized spacial score (nSPS) is 11.1. The van der Waals surface area contributed by atoms with E-state index < -0.39 is 0 Å². The number of rotatable bonds is 4. The van der Waals surface area contributed by atoms with Gasteiger partial charge in [0.15, 0.2) is 0 Å². The Balaban J connectivity index is 1.46. The van der Waals surface area contributed by atoms with Gasteiger partial charge in [-0.3, -0.25) is 0 Å². The average Bonchev–Trinajstić information content (AvgIpc) is 2.90. The lowest BCUT2D eigenvalue weighted by Crippen LogP contribution is -2.09. The Bertz CT molecular complexity index is 1590. The second-order valence-electron chi connectivity index (χ2n) is 8.42. The lowest BCUT2D eigenvalue weighted by molar-refractivity contribution is 1.29. The van der Waals surface area contributed by atoms with E-state index in [0.29, 0.717) is 0 Å². The van der Waals surface area contributed by atoms with Crippen molar-refractivity contribution in [3.8, 4) is 11.1 Å². The maximum Gasteiger partial charge on any atom is 0.0468 e. The van der Waals surface area contributed by atoms with Crippen molar-refractivity contribution >= 4 is 50.2 Å². The fourth-order valence-corrected chi connectivity index (χ4v) is 4.74. The third-order valence-corrected chi connectivity index (χ3v) is 6.56. The molecule has 1 nitrogen and oxygen atoms in total. The van der Waals surface area contributed by atoms with Gasteiger partial charge in [-0.05, 0) is 81.2 Å². The van der Waals surface area contributed by atoms with Gasteiger partial charge in [-0.25, -0.2) is 0 Å². The topological polar surface area (TPSA) is 3.24 Å². The van der Waals surface area contributed by atoms with Crippen molar-refractivity contribution in [2.24, 2.45) is 0 Å². The molecular formula is C32H22ClN. The zero-order valence-corrected chi connectivity index (χ0v) is 19.3. The molecule has 0 radical (unpaired) electrons. The molecule has 0 unspecified atom stereocenters. The first kappa shape index (κ1) is 20.5. The van der Waals surface area contributed by atoms with Crippen LogP contribution >= 0.6 is 11.6 Å². The molecule has 0 aromatic heterocycles. The van der Waals surface area contributed by atoms with E-state index in [1.807, 2.05) is 12.1 Å². The van der Waals surface area contributed by atoms with E-state index in [-0.39, 0.29) is 0 Å². The van der Waals surface area contributed by atoms with Gasteiger partial charge in [0.2, 0.25) is 0 Å². The molecule has 0 bridgehead atoms. The van der Waals surface area contributed by atoms with E-state index >= 15 is 0 Å². The minimum absolute atomic E-state index is 0.750. The molecule has 0 aliphatic heterocycles. The monoisotopic (exact) mass is 455 g/mol. The first-order chi connectivity index (χ1) is 16.8. The van der Waals surface area contributed by atoms with Crippen LogP contribution in [-0.4, -0.2) is 0 Å². The van der Waals surface area contributed by atoms with Crippen molar-refractivity contribution < 1.29 is 0 Å². The second-order valence-corrected chi connectivity index (χ2v) is 8.85.